The number of allylic oxidation sites excluding steroid dienone is 1. The van der Waals surface area contributed by atoms with Gasteiger partial charge in [-0.15, -0.1) is 0 Å². The highest BCUT2D eigenvalue weighted by molar-refractivity contribution is 6.15. The number of rotatable bonds is 7. The molecule has 1 radical (unpaired) electrons. The van der Waals surface area contributed by atoms with Crippen LogP contribution in [0.1, 0.15) is 30.5 Å². The molecule has 0 saturated heterocycles. The van der Waals surface area contributed by atoms with Crippen LogP contribution in [0.5, 0.6) is 11.5 Å². The lowest BCUT2D eigenvalue weighted by atomic mass is 10.0. The molecular formula is C20H21O3. The third-order valence-corrected chi connectivity index (χ3v) is 3.45. The van der Waals surface area contributed by atoms with Crippen LogP contribution >= 0.6 is 0 Å². The molecule has 0 aliphatic heterocycles. The monoisotopic (exact) mass is 309 g/mol. The van der Waals surface area contributed by atoms with Crippen LogP contribution in [-0.2, 0) is 4.79 Å². The zero-order valence-corrected chi connectivity index (χ0v) is 13.8. The van der Waals surface area contributed by atoms with Crippen LogP contribution in [0.25, 0.3) is 11.6 Å². The molecule has 23 heavy (non-hydrogen) atoms. The van der Waals surface area contributed by atoms with E-state index in [4.69, 9.17) is 9.47 Å². The van der Waals surface area contributed by atoms with Gasteiger partial charge in [0, 0.05) is 11.1 Å². The summed E-state index contributed by atoms with van der Waals surface area (Å²) in [7, 11) is 0. The molecule has 0 aliphatic rings. The van der Waals surface area contributed by atoms with E-state index in [1.54, 1.807) is 0 Å². The molecule has 2 rings (SSSR count). The first-order valence-electron chi connectivity index (χ1n) is 7.75. The van der Waals surface area contributed by atoms with Crippen LogP contribution in [0.4, 0.5) is 0 Å². The van der Waals surface area contributed by atoms with Crippen molar-refractivity contribution in [3.63, 3.8) is 0 Å². The Morgan fingerprint density at radius 3 is 2.48 bits per heavy atom. The van der Waals surface area contributed by atoms with E-state index in [2.05, 4.69) is 0 Å². The van der Waals surface area contributed by atoms with Gasteiger partial charge in [0.25, 0.3) is 0 Å². The summed E-state index contributed by atoms with van der Waals surface area (Å²) in [6.07, 6.45) is 3.87. The van der Waals surface area contributed by atoms with Gasteiger partial charge >= 0.3 is 0 Å². The van der Waals surface area contributed by atoms with E-state index in [1.165, 1.54) is 0 Å². The highest BCUT2D eigenvalue weighted by Gasteiger charge is 2.12. The number of aryl methyl sites for hydroxylation is 1. The summed E-state index contributed by atoms with van der Waals surface area (Å²) in [6, 6.07) is 13.4. The summed E-state index contributed by atoms with van der Waals surface area (Å²) < 4.78 is 11.2. The molecule has 0 N–H and O–H groups in total. The number of benzene rings is 2. The zero-order chi connectivity index (χ0) is 16.7. The fourth-order valence-electron chi connectivity index (χ4n) is 2.32. The lowest BCUT2D eigenvalue weighted by Crippen LogP contribution is -1.99. The van der Waals surface area contributed by atoms with E-state index < -0.39 is 0 Å². The van der Waals surface area contributed by atoms with Gasteiger partial charge in [-0.25, -0.2) is 0 Å². The average Bonchev–Trinajstić information content (AvgIpc) is 2.56. The van der Waals surface area contributed by atoms with E-state index in [0.717, 1.165) is 11.1 Å². The Bertz CT molecular complexity index is 702. The minimum absolute atomic E-state index is 0.448. The summed E-state index contributed by atoms with van der Waals surface area (Å²) in [5.74, 6) is 1.36. The van der Waals surface area contributed by atoms with Crippen LogP contribution in [0.3, 0.4) is 0 Å². The molecule has 119 valence electrons. The second-order valence-corrected chi connectivity index (χ2v) is 5.04. The van der Waals surface area contributed by atoms with Gasteiger partial charge < -0.3 is 9.47 Å². The van der Waals surface area contributed by atoms with Crippen LogP contribution in [0.2, 0.25) is 0 Å². The van der Waals surface area contributed by atoms with Crippen molar-refractivity contribution in [3.05, 3.63) is 59.2 Å². The Balaban J connectivity index is 2.52. The smallest absolute Gasteiger partial charge is 0.234 e. The predicted octanol–water partition coefficient (Wildman–Crippen LogP) is 4.44. The molecule has 0 aliphatic carbocycles. The molecule has 0 amide bonds. The first-order valence-corrected chi connectivity index (χ1v) is 7.75. The second-order valence-electron chi connectivity index (χ2n) is 5.04. The van der Waals surface area contributed by atoms with E-state index in [0.29, 0.717) is 35.8 Å². The maximum Gasteiger partial charge on any atom is 0.234 e. The molecule has 0 fully saturated rings. The fourth-order valence-corrected chi connectivity index (χ4v) is 2.32. The van der Waals surface area contributed by atoms with Crippen molar-refractivity contribution in [3.8, 4) is 11.5 Å². The molecule has 2 aromatic rings. The van der Waals surface area contributed by atoms with E-state index >= 15 is 0 Å². The highest BCUT2D eigenvalue weighted by atomic mass is 16.5. The van der Waals surface area contributed by atoms with Gasteiger partial charge in [0.2, 0.25) is 6.29 Å². The summed E-state index contributed by atoms with van der Waals surface area (Å²) in [5.41, 5.74) is 3.22. The van der Waals surface area contributed by atoms with Gasteiger partial charge in [0.1, 0.15) is 11.5 Å². The molecule has 0 saturated carbocycles. The molecular weight excluding hydrogens is 288 g/mol. The van der Waals surface area contributed by atoms with Crippen molar-refractivity contribution >= 4 is 17.9 Å². The highest BCUT2D eigenvalue weighted by Crippen LogP contribution is 2.31. The number of hydrogen-bond acceptors (Lipinski definition) is 3. The van der Waals surface area contributed by atoms with Gasteiger partial charge in [-0.3, -0.25) is 4.79 Å². The number of carbonyl (C=O) groups excluding carboxylic acids is 1. The van der Waals surface area contributed by atoms with Crippen molar-refractivity contribution in [2.24, 2.45) is 0 Å². The third-order valence-electron chi connectivity index (χ3n) is 3.45. The molecule has 2 aromatic carbocycles. The molecule has 3 nitrogen and oxygen atoms in total. The summed E-state index contributed by atoms with van der Waals surface area (Å²) in [5, 5.41) is 0. The summed E-state index contributed by atoms with van der Waals surface area (Å²) in [4.78, 5) is 11.6. The maximum atomic E-state index is 11.6. The minimum Gasteiger partial charge on any atom is -0.494 e. The summed E-state index contributed by atoms with van der Waals surface area (Å²) in [6.45, 7) is 6.93. The molecule has 3 heteroatoms. The Morgan fingerprint density at radius 2 is 1.83 bits per heavy atom. The van der Waals surface area contributed by atoms with Crippen molar-refractivity contribution in [1.29, 1.82) is 0 Å². The fraction of sp³-hybridized carbons (Fsp3) is 0.250. The SMILES string of the molecule is CCOc1ccc(OCC)c(C([C]=O)=Cc2ccccc2C)c1. The van der Waals surface area contributed by atoms with Gasteiger partial charge in [-0.2, -0.15) is 0 Å². The van der Waals surface area contributed by atoms with Crippen molar-refractivity contribution in [2.45, 2.75) is 20.8 Å². The summed E-state index contributed by atoms with van der Waals surface area (Å²) >= 11 is 0. The first-order chi connectivity index (χ1) is 11.2. The van der Waals surface area contributed by atoms with E-state index in [1.807, 2.05) is 75.6 Å². The van der Waals surface area contributed by atoms with E-state index in [-0.39, 0.29) is 0 Å². The maximum absolute atomic E-state index is 11.6. The Kier molecular flexibility index (Phi) is 5.98. The Morgan fingerprint density at radius 1 is 1.09 bits per heavy atom. The van der Waals surface area contributed by atoms with Crippen LogP contribution in [0.15, 0.2) is 42.5 Å². The van der Waals surface area contributed by atoms with Crippen LogP contribution < -0.4 is 9.47 Å². The topological polar surface area (TPSA) is 35.5 Å². The minimum atomic E-state index is 0.448. The lowest BCUT2D eigenvalue weighted by molar-refractivity contribution is 0.330. The first kappa shape index (κ1) is 16.8. The zero-order valence-electron chi connectivity index (χ0n) is 13.8. The van der Waals surface area contributed by atoms with Crippen molar-refractivity contribution in [1.82, 2.24) is 0 Å². The van der Waals surface area contributed by atoms with Crippen LogP contribution in [0, 0.1) is 6.92 Å². The average molecular weight is 309 g/mol. The second kappa shape index (κ2) is 8.18. The van der Waals surface area contributed by atoms with Gasteiger partial charge in [0.15, 0.2) is 0 Å². The number of ether oxygens (including phenoxy) is 2. The lowest BCUT2D eigenvalue weighted by Gasteiger charge is -2.12. The van der Waals surface area contributed by atoms with Gasteiger partial charge in [-0.1, -0.05) is 24.3 Å². The molecule has 0 unspecified atom stereocenters. The molecule has 0 atom stereocenters. The standard InChI is InChI=1S/C20H21O3/c1-4-22-18-10-11-20(23-5-2)19(13-18)17(14-21)12-16-9-7-6-8-15(16)3/h6-13H,4-5H2,1-3H3. The van der Waals surface area contributed by atoms with E-state index in [9.17, 15) is 4.79 Å². The molecule has 0 aromatic heterocycles. The molecule has 0 spiro atoms. The molecule has 0 bridgehead atoms. The molecule has 0 heterocycles. The normalized spacial score (nSPS) is 11.2. The van der Waals surface area contributed by atoms with Crippen molar-refractivity contribution < 1.29 is 14.3 Å². The largest absolute Gasteiger partial charge is 0.494 e. The van der Waals surface area contributed by atoms with Crippen molar-refractivity contribution in [2.75, 3.05) is 13.2 Å². The Hall–Kier alpha value is -2.55. The van der Waals surface area contributed by atoms with Gasteiger partial charge in [-0.05, 0) is 56.2 Å². The number of hydrogen-bond donors (Lipinski definition) is 0. The third kappa shape index (κ3) is 4.22. The predicted molar refractivity (Wildman–Crippen MR) is 93.5 cm³/mol. The van der Waals surface area contributed by atoms with Crippen LogP contribution in [-0.4, -0.2) is 19.5 Å². The Labute approximate surface area is 137 Å². The quantitative estimate of drug-likeness (QED) is 0.560. The van der Waals surface area contributed by atoms with Gasteiger partial charge in [0.05, 0.1) is 13.2 Å².